The summed E-state index contributed by atoms with van der Waals surface area (Å²) in [6.45, 7) is 3.92. The molecule has 1 aromatic carbocycles. The van der Waals surface area contributed by atoms with Gasteiger partial charge in [0.1, 0.15) is 12.4 Å². The summed E-state index contributed by atoms with van der Waals surface area (Å²) in [6, 6.07) is 8.15. The van der Waals surface area contributed by atoms with Crippen LogP contribution in [-0.2, 0) is 9.53 Å². The molecule has 1 amide bonds. The monoisotopic (exact) mass is 343 g/mol. The van der Waals surface area contributed by atoms with E-state index in [0.29, 0.717) is 24.5 Å². The lowest BCUT2D eigenvalue weighted by atomic mass is 9.94. The zero-order valence-corrected chi connectivity index (χ0v) is 14.3. The van der Waals surface area contributed by atoms with Gasteiger partial charge >= 0.3 is 0 Å². The van der Waals surface area contributed by atoms with Crippen molar-refractivity contribution in [2.45, 2.75) is 25.7 Å². The van der Waals surface area contributed by atoms with Crippen molar-refractivity contribution in [2.24, 2.45) is 0 Å². The van der Waals surface area contributed by atoms with Crippen molar-refractivity contribution in [1.29, 1.82) is 0 Å². The second-order valence-corrected chi connectivity index (χ2v) is 6.13. The number of hydrogen-bond acceptors (Lipinski definition) is 4. The van der Waals surface area contributed by atoms with Crippen LogP contribution >= 0.6 is 0 Å². The third-order valence-corrected chi connectivity index (χ3v) is 4.38. The van der Waals surface area contributed by atoms with Gasteiger partial charge in [-0.3, -0.25) is 4.79 Å². The maximum atomic E-state index is 13.4. The van der Waals surface area contributed by atoms with E-state index >= 15 is 0 Å². The van der Waals surface area contributed by atoms with Gasteiger partial charge < -0.3 is 9.64 Å². The number of rotatable bonds is 5. The Kier molecular flexibility index (Phi) is 5.71. The van der Waals surface area contributed by atoms with Gasteiger partial charge in [-0.1, -0.05) is 12.1 Å². The molecule has 0 aliphatic carbocycles. The van der Waals surface area contributed by atoms with Crippen LogP contribution in [0.4, 0.5) is 4.39 Å². The van der Waals surface area contributed by atoms with Crippen LogP contribution in [-0.4, -0.2) is 47.1 Å². The summed E-state index contributed by atoms with van der Waals surface area (Å²) in [5.74, 6) is 0.382. The van der Waals surface area contributed by atoms with Gasteiger partial charge in [-0.15, -0.1) is 0 Å². The van der Waals surface area contributed by atoms with Gasteiger partial charge in [0, 0.05) is 43.1 Å². The molecular formula is C19H22FN3O2. The normalized spacial score (nSPS) is 17.5. The van der Waals surface area contributed by atoms with Gasteiger partial charge in [-0.25, -0.2) is 14.4 Å². The number of likely N-dealkylation sites (tertiary alicyclic amines) is 1. The minimum atomic E-state index is -0.308. The second-order valence-electron chi connectivity index (χ2n) is 6.13. The molecule has 1 aliphatic heterocycles. The molecule has 1 aliphatic rings. The quantitative estimate of drug-likeness (QED) is 0.837. The van der Waals surface area contributed by atoms with Gasteiger partial charge in [-0.05, 0) is 38.0 Å². The van der Waals surface area contributed by atoms with Crippen molar-refractivity contribution in [3.05, 3.63) is 48.0 Å². The highest BCUT2D eigenvalue weighted by Crippen LogP contribution is 2.27. The van der Waals surface area contributed by atoms with Crippen molar-refractivity contribution >= 4 is 5.91 Å². The van der Waals surface area contributed by atoms with Crippen LogP contribution < -0.4 is 0 Å². The van der Waals surface area contributed by atoms with Crippen LogP contribution in [0.3, 0.4) is 0 Å². The van der Waals surface area contributed by atoms with E-state index in [-0.39, 0.29) is 24.2 Å². The van der Waals surface area contributed by atoms with Crippen LogP contribution in [0.1, 0.15) is 31.4 Å². The van der Waals surface area contributed by atoms with E-state index < -0.39 is 0 Å². The number of nitrogens with zero attached hydrogens (tertiary/aromatic N) is 3. The van der Waals surface area contributed by atoms with Crippen molar-refractivity contribution in [3.8, 4) is 11.4 Å². The summed E-state index contributed by atoms with van der Waals surface area (Å²) < 4.78 is 18.7. The highest BCUT2D eigenvalue weighted by atomic mass is 19.1. The van der Waals surface area contributed by atoms with E-state index in [2.05, 4.69) is 9.97 Å². The van der Waals surface area contributed by atoms with Crippen molar-refractivity contribution in [2.75, 3.05) is 26.3 Å². The Bertz CT molecular complexity index is 738. The van der Waals surface area contributed by atoms with Crippen LogP contribution in [0, 0.1) is 5.82 Å². The predicted octanol–water partition coefficient (Wildman–Crippen LogP) is 3.03. The molecule has 0 N–H and O–H groups in total. The SMILES string of the molecule is CCOCC(=O)N1CCC[C@@H](c2ccnc(-c3cccc(F)c3)n2)C1. The first-order chi connectivity index (χ1) is 12.2. The molecule has 0 saturated carbocycles. The summed E-state index contributed by atoms with van der Waals surface area (Å²) in [5.41, 5.74) is 1.55. The fourth-order valence-corrected chi connectivity index (χ4v) is 3.09. The van der Waals surface area contributed by atoms with Crippen LogP contribution in [0.25, 0.3) is 11.4 Å². The maximum Gasteiger partial charge on any atom is 0.248 e. The molecule has 1 aromatic heterocycles. The minimum absolute atomic E-state index is 0.0194. The van der Waals surface area contributed by atoms with E-state index in [1.807, 2.05) is 17.9 Å². The molecule has 0 spiro atoms. The molecule has 0 radical (unpaired) electrons. The fourth-order valence-electron chi connectivity index (χ4n) is 3.09. The molecule has 6 heteroatoms. The first kappa shape index (κ1) is 17.5. The average Bonchev–Trinajstić information content (AvgIpc) is 2.66. The molecule has 2 aromatic rings. The highest BCUT2D eigenvalue weighted by molar-refractivity contribution is 5.77. The number of amides is 1. The Balaban J connectivity index is 1.75. The summed E-state index contributed by atoms with van der Waals surface area (Å²) >= 11 is 0. The third kappa shape index (κ3) is 4.39. The number of aromatic nitrogens is 2. The fraction of sp³-hybridized carbons (Fsp3) is 0.421. The number of carbonyl (C=O) groups is 1. The molecule has 3 rings (SSSR count). The van der Waals surface area contributed by atoms with E-state index in [1.165, 1.54) is 12.1 Å². The number of hydrogen-bond donors (Lipinski definition) is 0. The Hall–Kier alpha value is -2.34. The van der Waals surface area contributed by atoms with Crippen molar-refractivity contribution in [1.82, 2.24) is 14.9 Å². The van der Waals surface area contributed by atoms with Crippen LogP contribution in [0.5, 0.6) is 0 Å². The number of benzene rings is 1. The van der Waals surface area contributed by atoms with Gasteiger partial charge in [0.25, 0.3) is 0 Å². The summed E-state index contributed by atoms with van der Waals surface area (Å²) in [6.07, 6.45) is 3.60. The topological polar surface area (TPSA) is 55.3 Å². The molecule has 2 heterocycles. The Labute approximate surface area is 146 Å². The van der Waals surface area contributed by atoms with Gasteiger partial charge in [0.05, 0.1) is 0 Å². The maximum absolute atomic E-state index is 13.4. The van der Waals surface area contributed by atoms with E-state index in [1.54, 1.807) is 18.3 Å². The number of halogens is 1. The lowest BCUT2D eigenvalue weighted by Gasteiger charge is -2.32. The van der Waals surface area contributed by atoms with Crippen molar-refractivity contribution in [3.63, 3.8) is 0 Å². The Morgan fingerprint density at radius 2 is 2.28 bits per heavy atom. The lowest BCUT2D eigenvalue weighted by Crippen LogP contribution is -2.41. The van der Waals surface area contributed by atoms with Gasteiger partial charge in [0.2, 0.25) is 5.91 Å². The summed E-state index contributed by atoms with van der Waals surface area (Å²) in [5, 5.41) is 0. The van der Waals surface area contributed by atoms with Gasteiger partial charge in [0.15, 0.2) is 5.82 Å². The molecule has 1 fully saturated rings. The zero-order chi connectivity index (χ0) is 17.6. The van der Waals surface area contributed by atoms with Crippen molar-refractivity contribution < 1.29 is 13.9 Å². The second kappa shape index (κ2) is 8.16. The highest BCUT2D eigenvalue weighted by Gasteiger charge is 2.25. The van der Waals surface area contributed by atoms with E-state index in [4.69, 9.17) is 4.74 Å². The molecular weight excluding hydrogens is 321 g/mol. The molecule has 0 bridgehead atoms. The first-order valence-electron chi connectivity index (χ1n) is 8.61. The summed E-state index contributed by atoms with van der Waals surface area (Å²) in [7, 11) is 0. The Morgan fingerprint density at radius 3 is 3.08 bits per heavy atom. The van der Waals surface area contributed by atoms with E-state index in [9.17, 15) is 9.18 Å². The largest absolute Gasteiger partial charge is 0.372 e. The van der Waals surface area contributed by atoms with Crippen LogP contribution in [0.2, 0.25) is 0 Å². The standard InChI is InChI=1S/C19H22FN3O2/c1-2-25-13-18(24)23-10-4-6-15(12-23)17-8-9-21-19(22-17)14-5-3-7-16(20)11-14/h3,5,7-9,11,15H,2,4,6,10,12-13H2,1H3/t15-/m1/s1. The van der Waals surface area contributed by atoms with Gasteiger partial charge in [-0.2, -0.15) is 0 Å². The number of carbonyl (C=O) groups excluding carboxylic acids is 1. The van der Waals surface area contributed by atoms with Crippen LogP contribution in [0.15, 0.2) is 36.5 Å². The smallest absolute Gasteiger partial charge is 0.248 e. The molecule has 5 nitrogen and oxygen atoms in total. The molecule has 1 saturated heterocycles. The molecule has 25 heavy (non-hydrogen) atoms. The number of piperidine rings is 1. The molecule has 0 unspecified atom stereocenters. The number of ether oxygens (including phenoxy) is 1. The molecule has 1 atom stereocenters. The lowest BCUT2D eigenvalue weighted by molar-refractivity contribution is -0.137. The zero-order valence-electron chi connectivity index (χ0n) is 14.3. The minimum Gasteiger partial charge on any atom is -0.372 e. The summed E-state index contributed by atoms with van der Waals surface area (Å²) in [4.78, 5) is 22.9. The van der Waals surface area contributed by atoms with E-state index in [0.717, 1.165) is 25.1 Å². The Morgan fingerprint density at radius 1 is 1.40 bits per heavy atom. The predicted molar refractivity (Wildman–Crippen MR) is 92.5 cm³/mol. The average molecular weight is 343 g/mol. The third-order valence-electron chi connectivity index (χ3n) is 4.38. The molecule has 132 valence electrons. The first-order valence-corrected chi connectivity index (χ1v) is 8.61.